The summed E-state index contributed by atoms with van der Waals surface area (Å²) in [4.78, 5) is 24.1. The molecule has 0 aliphatic heterocycles. The maximum atomic E-state index is 15.0. The SMILES string of the molecule is C=C(C)c1ccc(S(=O)(=O)c2ccc(Oc3ccc(C(c4ccc(OC(C)(C)CC)c(C(=O)O)c4)(C(F)(F)F)C(F)(F)F)cc3C(=O)O)cc2)cc1. The number of carboxylic acids is 2. The average Bonchev–Trinajstić information content (AvgIpc) is 3.04. The van der Waals surface area contributed by atoms with E-state index in [2.05, 4.69) is 6.58 Å². The van der Waals surface area contributed by atoms with Gasteiger partial charge in [-0.25, -0.2) is 18.0 Å². The molecule has 0 aliphatic rings. The van der Waals surface area contributed by atoms with Crippen molar-refractivity contribution < 1.29 is 64.0 Å². The summed E-state index contributed by atoms with van der Waals surface area (Å²) in [5.74, 6) is -5.16. The second-order valence-electron chi connectivity index (χ2n) is 12.4. The van der Waals surface area contributed by atoms with E-state index in [1.165, 1.54) is 12.1 Å². The number of halogens is 6. The highest BCUT2D eigenvalue weighted by Gasteiger charge is 2.72. The normalized spacial score (nSPS) is 12.7. The van der Waals surface area contributed by atoms with Gasteiger partial charge in [0.15, 0.2) is 0 Å². The maximum absolute atomic E-state index is 15.0. The highest BCUT2D eigenvalue weighted by molar-refractivity contribution is 7.91. The summed E-state index contributed by atoms with van der Waals surface area (Å²) in [6.07, 6.45) is -12.1. The standard InChI is InChI=1S/C37H32F6O8S/c1-6-34(4,5)51-31-18-10-24(20-29(31)33(46)47)35(36(38,39)40,37(41,42)43)23-9-17-30(28(19-23)32(44)45)50-25-11-15-27(16-12-25)52(48,49)26-13-7-22(8-14-26)21(2)3/h7-20H,2,6H2,1,3-5H3,(H,44,45)(H,46,47). The fraction of sp³-hybridized carbons (Fsp3) is 0.243. The van der Waals surface area contributed by atoms with Gasteiger partial charge in [0, 0.05) is 0 Å². The van der Waals surface area contributed by atoms with Crippen molar-refractivity contribution in [1.82, 2.24) is 0 Å². The molecule has 0 aliphatic carbocycles. The van der Waals surface area contributed by atoms with E-state index in [1.54, 1.807) is 39.8 Å². The Morgan fingerprint density at radius 2 is 1.13 bits per heavy atom. The Kier molecular flexibility index (Phi) is 10.6. The van der Waals surface area contributed by atoms with Crippen molar-refractivity contribution in [1.29, 1.82) is 0 Å². The molecule has 0 fully saturated rings. The van der Waals surface area contributed by atoms with Gasteiger partial charge in [0.25, 0.3) is 0 Å². The second kappa shape index (κ2) is 14.0. The summed E-state index contributed by atoms with van der Waals surface area (Å²) in [5.41, 5.74) is -9.74. The molecule has 8 nitrogen and oxygen atoms in total. The third-order valence-electron chi connectivity index (χ3n) is 8.39. The summed E-state index contributed by atoms with van der Waals surface area (Å²) in [5, 5.41) is 19.7. The molecular formula is C37H32F6O8S. The van der Waals surface area contributed by atoms with Crippen LogP contribution in [0, 0.1) is 0 Å². The van der Waals surface area contributed by atoms with Crippen molar-refractivity contribution in [3.63, 3.8) is 0 Å². The molecule has 0 unspecified atom stereocenters. The zero-order chi connectivity index (χ0) is 39.0. The number of sulfone groups is 1. The molecule has 276 valence electrons. The van der Waals surface area contributed by atoms with E-state index in [1.807, 2.05) is 0 Å². The topological polar surface area (TPSA) is 127 Å². The van der Waals surface area contributed by atoms with Crippen LogP contribution in [0.25, 0.3) is 5.57 Å². The van der Waals surface area contributed by atoms with Gasteiger partial charge in [-0.1, -0.05) is 43.3 Å². The first-order valence-electron chi connectivity index (χ1n) is 15.3. The van der Waals surface area contributed by atoms with Gasteiger partial charge in [-0.15, -0.1) is 0 Å². The van der Waals surface area contributed by atoms with Crippen LogP contribution in [0.1, 0.15) is 71.5 Å². The van der Waals surface area contributed by atoms with Gasteiger partial charge in [-0.3, -0.25) is 0 Å². The van der Waals surface area contributed by atoms with Crippen molar-refractivity contribution in [3.05, 3.63) is 119 Å². The molecule has 0 spiro atoms. The number of allylic oxidation sites excluding steroid dienone is 1. The first-order chi connectivity index (χ1) is 24.0. The predicted octanol–water partition coefficient (Wildman–Crippen LogP) is 9.72. The molecule has 0 bridgehead atoms. The number of carboxylic acid groups (broad SMARTS) is 2. The van der Waals surface area contributed by atoms with E-state index in [0.29, 0.717) is 36.3 Å². The molecule has 52 heavy (non-hydrogen) atoms. The number of benzene rings is 4. The first-order valence-corrected chi connectivity index (χ1v) is 16.8. The number of alkyl halides is 6. The van der Waals surface area contributed by atoms with Crippen LogP contribution in [-0.4, -0.2) is 48.5 Å². The molecule has 4 rings (SSSR count). The Morgan fingerprint density at radius 3 is 1.54 bits per heavy atom. The minimum absolute atomic E-state index is 0.0461. The average molecular weight is 751 g/mol. The molecule has 0 saturated heterocycles. The molecule has 0 heterocycles. The zero-order valence-electron chi connectivity index (χ0n) is 28.0. The molecule has 4 aromatic carbocycles. The number of ether oxygens (including phenoxy) is 2. The molecular weight excluding hydrogens is 718 g/mol. The van der Waals surface area contributed by atoms with Gasteiger partial charge in [-0.2, -0.15) is 26.3 Å². The van der Waals surface area contributed by atoms with Crippen molar-refractivity contribution in [2.75, 3.05) is 0 Å². The van der Waals surface area contributed by atoms with E-state index >= 15 is 0 Å². The number of rotatable bonds is 12. The Balaban J connectivity index is 1.81. The van der Waals surface area contributed by atoms with Crippen LogP contribution < -0.4 is 9.47 Å². The van der Waals surface area contributed by atoms with Crippen molar-refractivity contribution in [3.8, 4) is 17.2 Å². The molecule has 0 amide bonds. The Labute approximate surface area is 294 Å². The fourth-order valence-electron chi connectivity index (χ4n) is 5.26. The van der Waals surface area contributed by atoms with Gasteiger partial charge in [0.1, 0.15) is 34.0 Å². The molecule has 2 N–H and O–H groups in total. The quantitative estimate of drug-likeness (QED) is 0.137. The van der Waals surface area contributed by atoms with Crippen LogP contribution >= 0.6 is 0 Å². The monoisotopic (exact) mass is 750 g/mol. The lowest BCUT2D eigenvalue weighted by Gasteiger charge is -2.39. The van der Waals surface area contributed by atoms with E-state index in [4.69, 9.17) is 9.47 Å². The van der Waals surface area contributed by atoms with Crippen LogP contribution in [-0.2, 0) is 15.3 Å². The fourth-order valence-corrected chi connectivity index (χ4v) is 6.52. The Morgan fingerprint density at radius 1 is 0.712 bits per heavy atom. The van der Waals surface area contributed by atoms with Crippen LogP contribution in [0.3, 0.4) is 0 Å². The minimum atomic E-state index is -6.18. The summed E-state index contributed by atoms with van der Waals surface area (Å²) >= 11 is 0. The Hall–Kier alpha value is -5.31. The highest BCUT2D eigenvalue weighted by atomic mass is 32.2. The van der Waals surface area contributed by atoms with Gasteiger partial charge < -0.3 is 19.7 Å². The second-order valence-corrected chi connectivity index (χ2v) is 14.3. The third-order valence-corrected chi connectivity index (χ3v) is 10.2. The van der Waals surface area contributed by atoms with Crippen LogP contribution in [0.4, 0.5) is 26.3 Å². The van der Waals surface area contributed by atoms with Crippen molar-refractivity contribution in [2.45, 2.75) is 67.3 Å². The smallest absolute Gasteiger partial charge is 0.411 e. The minimum Gasteiger partial charge on any atom is -0.487 e. The van der Waals surface area contributed by atoms with Gasteiger partial charge in [0.2, 0.25) is 15.3 Å². The van der Waals surface area contributed by atoms with Crippen molar-refractivity contribution >= 4 is 27.3 Å². The lowest BCUT2D eigenvalue weighted by atomic mass is 9.72. The summed E-state index contributed by atoms with van der Waals surface area (Å²) in [6.45, 7) is 10.3. The number of carbonyl (C=O) groups is 2. The molecule has 0 saturated carbocycles. The van der Waals surface area contributed by atoms with E-state index in [0.717, 1.165) is 29.8 Å². The lowest BCUT2D eigenvalue weighted by molar-refractivity contribution is -0.288. The highest BCUT2D eigenvalue weighted by Crippen LogP contribution is 2.57. The zero-order valence-corrected chi connectivity index (χ0v) is 28.8. The van der Waals surface area contributed by atoms with Gasteiger partial charge in [0.05, 0.1) is 9.79 Å². The first kappa shape index (κ1) is 39.5. The molecule has 0 aromatic heterocycles. The summed E-state index contributed by atoms with van der Waals surface area (Å²) < 4.78 is 127. The summed E-state index contributed by atoms with van der Waals surface area (Å²) in [7, 11) is -4.03. The third kappa shape index (κ3) is 7.49. The van der Waals surface area contributed by atoms with Gasteiger partial charge in [-0.05, 0) is 105 Å². The lowest BCUT2D eigenvalue weighted by Crippen LogP contribution is -2.55. The number of aromatic carboxylic acids is 2. The molecule has 0 radical (unpaired) electrons. The maximum Gasteiger partial charge on any atom is 0.411 e. The van der Waals surface area contributed by atoms with Crippen molar-refractivity contribution in [2.24, 2.45) is 0 Å². The van der Waals surface area contributed by atoms with Crippen LogP contribution in [0.5, 0.6) is 17.2 Å². The van der Waals surface area contributed by atoms with E-state index < -0.39 is 78.9 Å². The summed E-state index contributed by atoms with van der Waals surface area (Å²) in [6, 6.07) is 12.9. The largest absolute Gasteiger partial charge is 0.487 e. The van der Waals surface area contributed by atoms with Gasteiger partial charge >= 0.3 is 24.3 Å². The predicted molar refractivity (Wildman–Crippen MR) is 178 cm³/mol. The Bertz CT molecular complexity index is 2110. The number of hydrogen-bond donors (Lipinski definition) is 2. The molecule has 0 atom stereocenters. The van der Waals surface area contributed by atoms with Crippen LogP contribution in [0.15, 0.2) is 101 Å². The number of hydrogen-bond acceptors (Lipinski definition) is 6. The molecule has 4 aromatic rings. The molecule has 15 heteroatoms. The van der Waals surface area contributed by atoms with E-state index in [9.17, 15) is 54.6 Å². The van der Waals surface area contributed by atoms with Crippen LogP contribution in [0.2, 0.25) is 0 Å². The van der Waals surface area contributed by atoms with E-state index in [-0.39, 0.29) is 27.7 Å².